The van der Waals surface area contributed by atoms with E-state index in [1.54, 1.807) is 4.90 Å². The summed E-state index contributed by atoms with van der Waals surface area (Å²) in [6.45, 7) is 6.67. The lowest BCUT2D eigenvalue weighted by Gasteiger charge is -2.55. The van der Waals surface area contributed by atoms with Crippen LogP contribution in [0, 0.1) is 11.8 Å². The zero-order chi connectivity index (χ0) is 17.6. The Kier molecular flexibility index (Phi) is 4.21. The first-order chi connectivity index (χ1) is 11.2. The summed E-state index contributed by atoms with van der Waals surface area (Å²) in [5.74, 6) is -0.142. The van der Waals surface area contributed by atoms with Crippen molar-refractivity contribution >= 4 is 18.0 Å². The number of rotatable bonds is 3. The third-order valence-corrected chi connectivity index (χ3v) is 5.01. The first kappa shape index (κ1) is 17.0. The number of fused-ring (bicyclic) bond motifs is 2. The van der Waals surface area contributed by atoms with Gasteiger partial charge in [0, 0.05) is 19.5 Å². The molecule has 4 atom stereocenters. The van der Waals surface area contributed by atoms with Gasteiger partial charge in [0.1, 0.15) is 5.60 Å². The first-order valence-corrected chi connectivity index (χ1v) is 8.56. The topological polar surface area (TPSA) is 76.2 Å². The molecule has 3 saturated heterocycles. The van der Waals surface area contributed by atoms with Gasteiger partial charge in [-0.2, -0.15) is 0 Å². The minimum absolute atomic E-state index is 0.0538. The largest absolute Gasteiger partial charge is 0.469 e. The van der Waals surface area contributed by atoms with Crippen LogP contribution in [-0.4, -0.2) is 65.7 Å². The lowest BCUT2D eigenvalue weighted by Crippen LogP contribution is -2.71. The van der Waals surface area contributed by atoms with Crippen molar-refractivity contribution in [3.8, 4) is 0 Å². The van der Waals surface area contributed by atoms with E-state index in [0.29, 0.717) is 19.5 Å². The zero-order valence-corrected chi connectivity index (χ0v) is 14.8. The highest BCUT2D eigenvalue weighted by molar-refractivity contribution is 5.81. The number of piperidine rings is 1. The summed E-state index contributed by atoms with van der Waals surface area (Å²) < 4.78 is 10.1. The van der Waals surface area contributed by atoms with Gasteiger partial charge in [0.2, 0.25) is 5.91 Å². The van der Waals surface area contributed by atoms with Crippen LogP contribution < -0.4 is 0 Å². The summed E-state index contributed by atoms with van der Waals surface area (Å²) in [4.78, 5) is 39.7. The number of amides is 2. The van der Waals surface area contributed by atoms with Crippen molar-refractivity contribution in [3.05, 3.63) is 0 Å². The average Bonchev–Trinajstić information content (AvgIpc) is 3.23. The summed E-state index contributed by atoms with van der Waals surface area (Å²) in [7, 11) is 1.38. The highest BCUT2D eigenvalue weighted by atomic mass is 16.6. The Bertz CT molecular complexity index is 544. The van der Waals surface area contributed by atoms with E-state index in [4.69, 9.17) is 9.47 Å². The van der Waals surface area contributed by atoms with E-state index in [1.807, 2.05) is 25.7 Å². The van der Waals surface area contributed by atoms with Gasteiger partial charge in [-0.05, 0) is 39.5 Å². The van der Waals surface area contributed by atoms with Gasteiger partial charge in [0.05, 0.1) is 25.1 Å². The number of carbonyl (C=O) groups excluding carboxylic acids is 3. The average molecular weight is 338 g/mol. The SMILES string of the molecule is COC(=O)[C@H]1C[C@@H]1CC(=O)N1CC2CC(C1)N2C(=O)OC(C)(C)C. The Morgan fingerprint density at radius 3 is 2.25 bits per heavy atom. The normalized spacial score (nSPS) is 31.2. The van der Waals surface area contributed by atoms with Gasteiger partial charge >= 0.3 is 12.1 Å². The Morgan fingerprint density at radius 1 is 1.08 bits per heavy atom. The summed E-state index contributed by atoms with van der Waals surface area (Å²) in [6.07, 6.45) is 1.77. The number of hydrogen-bond donors (Lipinski definition) is 0. The van der Waals surface area contributed by atoms with E-state index in [2.05, 4.69) is 0 Å². The van der Waals surface area contributed by atoms with E-state index >= 15 is 0 Å². The maximum Gasteiger partial charge on any atom is 0.410 e. The molecule has 134 valence electrons. The van der Waals surface area contributed by atoms with Gasteiger partial charge < -0.3 is 14.4 Å². The summed E-state index contributed by atoms with van der Waals surface area (Å²) in [5, 5.41) is 0. The van der Waals surface area contributed by atoms with Crippen molar-refractivity contribution in [3.63, 3.8) is 0 Å². The second-order valence-electron chi connectivity index (χ2n) is 8.06. The molecule has 1 saturated carbocycles. The van der Waals surface area contributed by atoms with Gasteiger partial charge in [-0.1, -0.05) is 0 Å². The molecular formula is C17H26N2O5. The van der Waals surface area contributed by atoms with Crippen LogP contribution in [0.2, 0.25) is 0 Å². The minimum atomic E-state index is -0.509. The molecule has 24 heavy (non-hydrogen) atoms. The van der Waals surface area contributed by atoms with Crippen LogP contribution in [0.5, 0.6) is 0 Å². The van der Waals surface area contributed by atoms with Gasteiger partial charge in [0.25, 0.3) is 0 Å². The van der Waals surface area contributed by atoms with Crippen molar-refractivity contribution in [2.75, 3.05) is 20.2 Å². The van der Waals surface area contributed by atoms with Crippen molar-refractivity contribution in [2.45, 2.75) is 57.7 Å². The molecular weight excluding hydrogens is 312 g/mol. The highest BCUT2D eigenvalue weighted by Crippen LogP contribution is 2.43. The molecule has 2 unspecified atom stereocenters. The molecule has 2 bridgehead atoms. The van der Waals surface area contributed by atoms with Crippen molar-refractivity contribution in [1.29, 1.82) is 0 Å². The van der Waals surface area contributed by atoms with E-state index < -0.39 is 5.60 Å². The Balaban J connectivity index is 1.48. The van der Waals surface area contributed by atoms with E-state index in [9.17, 15) is 14.4 Å². The molecule has 7 nitrogen and oxygen atoms in total. The monoisotopic (exact) mass is 338 g/mol. The van der Waals surface area contributed by atoms with Crippen LogP contribution in [0.3, 0.4) is 0 Å². The fourth-order valence-corrected chi connectivity index (χ4v) is 3.69. The standard InChI is InChI=1S/C17H26N2O5/c1-17(2,3)24-16(22)19-11-7-12(19)9-18(8-11)14(20)6-10-5-13(10)15(21)23-4/h10-13H,5-9H2,1-4H3/t10-,11?,12?,13+/m1/s1. The molecule has 4 rings (SSSR count). The summed E-state index contributed by atoms with van der Waals surface area (Å²) in [6, 6.07) is 0.108. The molecule has 0 aromatic carbocycles. The molecule has 3 heterocycles. The first-order valence-electron chi connectivity index (χ1n) is 8.56. The van der Waals surface area contributed by atoms with Crippen LogP contribution in [0.25, 0.3) is 0 Å². The molecule has 0 radical (unpaired) electrons. The maximum atomic E-state index is 12.4. The van der Waals surface area contributed by atoms with Crippen LogP contribution >= 0.6 is 0 Å². The molecule has 1 aliphatic carbocycles. The van der Waals surface area contributed by atoms with Gasteiger partial charge in [-0.25, -0.2) is 4.79 Å². The number of methoxy groups -OCH3 is 1. The number of carbonyl (C=O) groups is 3. The fourth-order valence-electron chi connectivity index (χ4n) is 3.69. The number of esters is 1. The van der Waals surface area contributed by atoms with Crippen LogP contribution in [0.4, 0.5) is 4.79 Å². The Morgan fingerprint density at radius 2 is 1.71 bits per heavy atom. The number of hydrogen-bond acceptors (Lipinski definition) is 5. The van der Waals surface area contributed by atoms with Crippen molar-refractivity contribution in [1.82, 2.24) is 9.80 Å². The summed E-state index contributed by atoms with van der Waals surface area (Å²) in [5.41, 5.74) is -0.509. The summed E-state index contributed by atoms with van der Waals surface area (Å²) >= 11 is 0. The van der Waals surface area contributed by atoms with Crippen molar-refractivity contribution in [2.24, 2.45) is 11.8 Å². The quantitative estimate of drug-likeness (QED) is 0.727. The van der Waals surface area contributed by atoms with E-state index in [1.165, 1.54) is 7.11 Å². The number of nitrogens with zero attached hydrogens (tertiary/aromatic N) is 2. The van der Waals surface area contributed by atoms with Crippen LogP contribution in [0.15, 0.2) is 0 Å². The molecule has 0 aromatic rings. The van der Waals surface area contributed by atoms with E-state index in [-0.39, 0.29) is 41.9 Å². The minimum Gasteiger partial charge on any atom is -0.469 e. The predicted octanol–water partition coefficient (Wildman–Crippen LogP) is 1.41. The smallest absolute Gasteiger partial charge is 0.410 e. The van der Waals surface area contributed by atoms with Gasteiger partial charge in [-0.15, -0.1) is 0 Å². The van der Waals surface area contributed by atoms with Gasteiger partial charge in [0.15, 0.2) is 0 Å². The molecule has 0 N–H and O–H groups in total. The van der Waals surface area contributed by atoms with Crippen molar-refractivity contribution < 1.29 is 23.9 Å². The lowest BCUT2D eigenvalue weighted by molar-refractivity contribution is -0.144. The molecule has 7 heteroatoms. The third-order valence-electron chi connectivity index (χ3n) is 5.01. The molecule has 4 fully saturated rings. The zero-order valence-electron chi connectivity index (χ0n) is 14.8. The lowest BCUT2D eigenvalue weighted by atomic mass is 9.87. The fraction of sp³-hybridized carbons (Fsp3) is 0.824. The Labute approximate surface area is 142 Å². The highest BCUT2D eigenvalue weighted by Gasteiger charge is 2.51. The third kappa shape index (κ3) is 3.35. The molecule has 3 aliphatic heterocycles. The predicted molar refractivity (Wildman–Crippen MR) is 85.1 cm³/mol. The van der Waals surface area contributed by atoms with Gasteiger partial charge in [-0.3, -0.25) is 14.5 Å². The molecule has 0 aromatic heterocycles. The second kappa shape index (κ2) is 5.93. The Hall–Kier alpha value is -1.79. The second-order valence-corrected chi connectivity index (χ2v) is 8.06. The maximum absolute atomic E-state index is 12.4. The van der Waals surface area contributed by atoms with E-state index in [0.717, 1.165) is 12.8 Å². The number of piperazine rings is 1. The molecule has 0 spiro atoms. The van der Waals surface area contributed by atoms with Crippen LogP contribution in [-0.2, 0) is 19.1 Å². The van der Waals surface area contributed by atoms with Crippen LogP contribution in [0.1, 0.15) is 40.0 Å². The molecule has 2 amide bonds. The molecule has 4 aliphatic rings. The number of ether oxygens (including phenoxy) is 2.